The molecule has 0 radical (unpaired) electrons. The molecule has 58 valence electrons. The number of rotatable bonds is 1. The van der Waals surface area contributed by atoms with Crippen molar-refractivity contribution in [3.05, 3.63) is 28.3 Å². The molecule has 0 atom stereocenters. The van der Waals surface area contributed by atoms with Crippen LogP contribution in [-0.4, -0.2) is 4.92 Å². The normalized spacial score (nSPS) is 9.82. The highest BCUT2D eigenvalue weighted by Gasteiger charge is 2.15. The van der Waals surface area contributed by atoms with E-state index in [9.17, 15) is 10.1 Å². The Morgan fingerprint density at radius 1 is 1.45 bits per heavy atom. The summed E-state index contributed by atoms with van der Waals surface area (Å²) in [6, 6.07) is 4.70. The highest BCUT2D eigenvalue weighted by molar-refractivity contribution is 5.73. The zero-order chi connectivity index (χ0) is 7.14. The number of benzene rings is 1. The average Bonchev–Trinajstić information content (AvgIpc) is 2.44. The second-order valence-electron chi connectivity index (χ2n) is 1.99. The summed E-state index contributed by atoms with van der Waals surface area (Å²) in [7, 11) is 0. The van der Waals surface area contributed by atoms with E-state index < -0.39 is 4.92 Å². The molecule has 0 unspecified atom stereocenters. The van der Waals surface area contributed by atoms with Crippen LogP contribution in [0.4, 0.5) is 5.69 Å². The molecule has 0 aliphatic rings. The van der Waals surface area contributed by atoms with Crippen LogP contribution in [-0.2, 0) is 0 Å². The number of furan rings is 2. The second kappa shape index (κ2) is 2.21. The molecule has 2 heterocycles. The van der Waals surface area contributed by atoms with Crippen LogP contribution < -0.4 is 6.15 Å². The molecular weight excluding hydrogens is 148 g/mol. The van der Waals surface area contributed by atoms with E-state index >= 15 is 0 Å². The maximum atomic E-state index is 10.2. The molecule has 0 saturated carbocycles. The maximum absolute atomic E-state index is 10.2. The fraction of sp³-hybridized carbons (Fsp3) is 0. The summed E-state index contributed by atoms with van der Waals surface area (Å²) in [6.07, 6.45) is 0. The van der Waals surface area contributed by atoms with Crippen molar-refractivity contribution in [1.29, 1.82) is 0 Å². The third kappa shape index (κ3) is 0.908. The van der Waals surface area contributed by atoms with Crippen molar-refractivity contribution in [2.75, 3.05) is 0 Å². The highest BCUT2D eigenvalue weighted by Crippen LogP contribution is 2.27. The number of hydrogen-bond acceptors (Lipinski definition) is 4. The Morgan fingerprint density at radius 2 is 2.18 bits per heavy atom. The van der Waals surface area contributed by atoms with Gasteiger partial charge in [0.2, 0.25) is 5.58 Å². The molecule has 2 aromatic heterocycles. The molecule has 0 aliphatic carbocycles. The van der Waals surface area contributed by atoms with Gasteiger partial charge in [-0.05, 0) is 12.1 Å². The lowest BCUT2D eigenvalue weighted by molar-refractivity contribution is -0.383. The molecule has 2 rings (SSSR count). The molecule has 2 bridgehead atoms. The van der Waals surface area contributed by atoms with Crippen molar-refractivity contribution in [2.45, 2.75) is 0 Å². The Morgan fingerprint density at radius 3 is 2.45 bits per heavy atom. The summed E-state index contributed by atoms with van der Waals surface area (Å²) in [5.41, 5.74) is 0.958. The Kier molecular flexibility index (Phi) is 1.50. The van der Waals surface area contributed by atoms with Gasteiger partial charge >= 0.3 is 5.69 Å². The number of hydrogen-bond donors (Lipinski definition) is 1. The Balaban J connectivity index is 0.000000605. The first-order valence-corrected chi connectivity index (χ1v) is 2.74. The third-order valence-electron chi connectivity index (χ3n) is 1.35. The molecule has 5 heteroatoms. The lowest BCUT2D eigenvalue weighted by atomic mass is 10.3. The molecule has 0 aromatic carbocycles. The fourth-order valence-electron chi connectivity index (χ4n) is 0.917. The Labute approximate surface area is 61.7 Å². The van der Waals surface area contributed by atoms with Crippen molar-refractivity contribution >= 4 is 16.9 Å². The summed E-state index contributed by atoms with van der Waals surface area (Å²) >= 11 is 0. The SMILES string of the molecule is N.O=[N+]([O-])c1cc2ccc1o2. The van der Waals surface area contributed by atoms with E-state index in [1.54, 1.807) is 12.1 Å². The maximum Gasteiger partial charge on any atom is 0.315 e. The van der Waals surface area contributed by atoms with Gasteiger partial charge in [0, 0.05) is 0 Å². The van der Waals surface area contributed by atoms with Gasteiger partial charge in [0.25, 0.3) is 0 Å². The summed E-state index contributed by atoms with van der Waals surface area (Å²) in [5, 5.41) is 10.2. The van der Waals surface area contributed by atoms with Crippen LogP contribution in [0.3, 0.4) is 0 Å². The molecule has 2 aromatic rings. The predicted molar refractivity (Wildman–Crippen MR) is 39.1 cm³/mol. The van der Waals surface area contributed by atoms with E-state index in [0.29, 0.717) is 11.2 Å². The topological polar surface area (TPSA) is 91.3 Å². The molecule has 3 N–H and O–H groups in total. The minimum atomic E-state index is -0.453. The van der Waals surface area contributed by atoms with E-state index in [4.69, 9.17) is 4.42 Å². The first-order chi connectivity index (χ1) is 4.77. The second-order valence-corrected chi connectivity index (χ2v) is 1.99. The summed E-state index contributed by atoms with van der Waals surface area (Å²) in [4.78, 5) is 9.73. The van der Waals surface area contributed by atoms with Gasteiger partial charge in [-0.15, -0.1) is 0 Å². The van der Waals surface area contributed by atoms with Crippen LogP contribution in [0.1, 0.15) is 0 Å². The molecule has 5 nitrogen and oxygen atoms in total. The summed E-state index contributed by atoms with van der Waals surface area (Å²) in [5.74, 6) is 0. The summed E-state index contributed by atoms with van der Waals surface area (Å²) < 4.78 is 4.93. The molecule has 0 spiro atoms. The van der Waals surface area contributed by atoms with E-state index in [1.807, 2.05) is 0 Å². The van der Waals surface area contributed by atoms with Gasteiger partial charge in [-0.3, -0.25) is 10.1 Å². The minimum Gasteiger partial charge on any atom is -0.450 e. The first kappa shape index (κ1) is 7.49. The number of nitro benzene ring substituents is 1. The Hall–Kier alpha value is -1.62. The minimum absolute atomic E-state index is 0. The van der Waals surface area contributed by atoms with Gasteiger partial charge in [0.15, 0.2) is 0 Å². The first-order valence-electron chi connectivity index (χ1n) is 2.74. The van der Waals surface area contributed by atoms with Crippen molar-refractivity contribution in [3.63, 3.8) is 0 Å². The van der Waals surface area contributed by atoms with Crippen LogP contribution in [0.15, 0.2) is 22.6 Å². The number of fused-ring (bicyclic) bond motifs is 2. The molecule has 0 fully saturated rings. The molecular formula is C6H6N2O3. The van der Waals surface area contributed by atoms with Crippen LogP contribution in [0.2, 0.25) is 0 Å². The van der Waals surface area contributed by atoms with Gasteiger partial charge in [0.05, 0.1) is 11.0 Å². The predicted octanol–water partition coefficient (Wildman–Crippen LogP) is 1.94. The quantitative estimate of drug-likeness (QED) is 0.501. The highest BCUT2D eigenvalue weighted by atomic mass is 16.6. The summed E-state index contributed by atoms with van der Waals surface area (Å²) in [6.45, 7) is 0. The van der Waals surface area contributed by atoms with Crippen LogP contribution in [0.5, 0.6) is 0 Å². The smallest absolute Gasteiger partial charge is 0.315 e. The van der Waals surface area contributed by atoms with Crippen molar-refractivity contribution in [1.82, 2.24) is 6.15 Å². The van der Waals surface area contributed by atoms with E-state index in [2.05, 4.69) is 0 Å². The monoisotopic (exact) mass is 154 g/mol. The molecule has 11 heavy (non-hydrogen) atoms. The molecule has 0 aliphatic heterocycles. The van der Waals surface area contributed by atoms with E-state index in [-0.39, 0.29) is 11.8 Å². The van der Waals surface area contributed by atoms with Gasteiger partial charge in [0.1, 0.15) is 5.58 Å². The van der Waals surface area contributed by atoms with E-state index in [0.717, 1.165) is 0 Å². The van der Waals surface area contributed by atoms with Gasteiger partial charge in [-0.1, -0.05) is 0 Å². The number of nitrogens with zero attached hydrogens (tertiary/aromatic N) is 1. The largest absolute Gasteiger partial charge is 0.450 e. The van der Waals surface area contributed by atoms with Gasteiger partial charge in [-0.25, -0.2) is 0 Å². The standard InChI is InChI=1S/C6H3NO3.H3N/c8-7(9)5-3-4-1-2-6(5)10-4;/h1-3H;1H3. The van der Waals surface area contributed by atoms with Crippen LogP contribution in [0.25, 0.3) is 11.2 Å². The number of nitro groups is 1. The third-order valence-corrected chi connectivity index (χ3v) is 1.35. The average molecular weight is 154 g/mol. The van der Waals surface area contributed by atoms with Crippen LogP contribution >= 0.6 is 0 Å². The van der Waals surface area contributed by atoms with Crippen molar-refractivity contribution < 1.29 is 9.34 Å². The Bertz CT molecular complexity index is 367. The van der Waals surface area contributed by atoms with Crippen molar-refractivity contribution in [2.24, 2.45) is 0 Å². The van der Waals surface area contributed by atoms with Crippen LogP contribution in [0, 0.1) is 10.1 Å². The van der Waals surface area contributed by atoms with E-state index in [1.165, 1.54) is 6.07 Å². The fourth-order valence-corrected chi connectivity index (χ4v) is 0.917. The van der Waals surface area contributed by atoms with Gasteiger partial charge in [-0.2, -0.15) is 0 Å². The van der Waals surface area contributed by atoms with Crippen molar-refractivity contribution in [3.8, 4) is 0 Å². The number of non-ortho nitro benzene ring substituents is 1. The zero-order valence-electron chi connectivity index (χ0n) is 5.61. The lowest BCUT2D eigenvalue weighted by Gasteiger charge is -1.81. The lowest BCUT2D eigenvalue weighted by Crippen LogP contribution is -1.84. The molecule has 0 amide bonds. The molecule has 0 saturated heterocycles. The van der Waals surface area contributed by atoms with Gasteiger partial charge < -0.3 is 10.6 Å². The zero-order valence-corrected chi connectivity index (χ0v) is 5.61.